The molecule has 2 rings (SSSR count). The molecule has 1 aliphatic rings. The average molecular weight is 270 g/mol. The number of benzene rings is 1. The van der Waals surface area contributed by atoms with Crippen LogP contribution in [-0.2, 0) is 4.79 Å². The van der Waals surface area contributed by atoms with Crippen LogP contribution in [-0.4, -0.2) is 23.9 Å². The van der Waals surface area contributed by atoms with Crippen LogP contribution in [0.5, 0.6) is 0 Å². The Morgan fingerprint density at radius 2 is 1.94 bits per heavy atom. The normalized spacial score (nSPS) is 15.8. The number of carbonyl (C=O) groups is 1. The molecule has 1 aromatic rings. The lowest BCUT2D eigenvalue weighted by Crippen LogP contribution is -2.25. The Kier molecular flexibility index (Phi) is 4.08. The summed E-state index contributed by atoms with van der Waals surface area (Å²) < 4.78 is 0. The Labute approximate surface area is 111 Å². The van der Waals surface area contributed by atoms with Gasteiger partial charge >= 0.3 is 0 Å². The highest BCUT2D eigenvalue weighted by Crippen LogP contribution is 2.26. The fourth-order valence-electron chi connectivity index (χ4n) is 1.85. The summed E-state index contributed by atoms with van der Waals surface area (Å²) in [7, 11) is 0. The number of carbonyl (C=O) groups excluding carboxylic acids is 1. The number of likely N-dealkylation sites (tertiary alicyclic amines) is 1. The maximum absolute atomic E-state index is 11.8. The van der Waals surface area contributed by atoms with Gasteiger partial charge in [-0.15, -0.1) is 0 Å². The summed E-state index contributed by atoms with van der Waals surface area (Å²) in [6.07, 6.45) is 5.47. The maximum Gasteiger partial charge on any atom is 0.246 e. The summed E-state index contributed by atoms with van der Waals surface area (Å²) >= 11 is 11.9. The molecule has 1 fully saturated rings. The van der Waals surface area contributed by atoms with Gasteiger partial charge in [0.25, 0.3) is 0 Å². The number of amides is 1. The van der Waals surface area contributed by atoms with E-state index in [2.05, 4.69) is 0 Å². The molecule has 90 valence electrons. The standard InChI is InChI=1S/C13H13Cl2NO/c14-11-5-3-4-10(13(11)15)6-7-12(17)16-8-1-2-9-16/h3-7H,1-2,8-9H2/b7-6-. The van der Waals surface area contributed by atoms with Crippen LogP contribution in [0, 0.1) is 0 Å². The first-order chi connectivity index (χ1) is 8.18. The average Bonchev–Trinajstić information content (AvgIpc) is 2.84. The van der Waals surface area contributed by atoms with E-state index in [1.165, 1.54) is 0 Å². The molecule has 1 amide bonds. The first-order valence-electron chi connectivity index (χ1n) is 5.59. The second-order valence-corrected chi connectivity index (χ2v) is 4.79. The molecule has 0 N–H and O–H groups in total. The molecule has 0 aliphatic carbocycles. The number of hydrogen-bond donors (Lipinski definition) is 0. The van der Waals surface area contributed by atoms with Crippen LogP contribution < -0.4 is 0 Å². The van der Waals surface area contributed by atoms with Gasteiger partial charge in [0.2, 0.25) is 5.91 Å². The van der Waals surface area contributed by atoms with E-state index in [-0.39, 0.29) is 5.91 Å². The molecule has 2 nitrogen and oxygen atoms in total. The minimum Gasteiger partial charge on any atom is -0.339 e. The SMILES string of the molecule is O=C(/C=C\c1cccc(Cl)c1Cl)N1CCCC1. The van der Waals surface area contributed by atoms with Crippen molar-refractivity contribution in [3.63, 3.8) is 0 Å². The summed E-state index contributed by atoms with van der Waals surface area (Å²) in [5.41, 5.74) is 0.770. The molecule has 0 unspecified atom stereocenters. The molecule has 1 aromatic carbocycles. The molecule has 0 bridgehead atoms. The topological polar surface area (TPSA) is 20.3 Å². The van der Waals surface area contributed by atoms with E-state index in [4.69, 9.17) is 23.2 Å². The molecule has 17 heavy (non-hydrogen) atoms. The molecule has 0 radical (unpaired) electrons. The van der Waals surface area contributed by atoms with Crippen LogP contribution in [0.3, 0.4) is 0 Å². The number of halogens is 2. The number of hydrogen-bond acceptors (Lipinski definition) is 1. The van der Waals surface area contributed by atoms with Crippen molar-refractivity contribution >= 4 is 35.2 Å². The van der Waals surface area contributed by atoms with Gasteiger partial charge < -0.3 is 4.90 Å². The largest absolute Gasteiger partial charge is 0.339 e. The highest BCUT2D eigenvalue weighted by molar-refractivity contribution is 6.42. The predicted octanol–water partition coefficient (Wildman–Crippen LogP) is 3.63. The van der Waals surface area contributed by atoms with E-state index >= 15 is 0 Å². The minimum absolute atomic E-state index is 0.0403. The lowest BCUT2D eigenvalue weighted by molar-refractivity contribution is -0.124. The van der Waals surface area contributed by atoms with Gasteiger partial charge in [-0.3, -0.25) is 4.79 Å². The zero-order valence-electron chi connectivity index (χ0n) is 9.33. The van der Waals surface area contributed by atoms with Gasteiger partial charge in [0.15, 0.2) is 0 Å². The van der Waals surface area contributed by atoms with Gasteiger partial charge in [-0.1, -0.05) is 35.3 Å². The van der Waals surface area contributed by atoms with Crippen LogP contribution in [0.25, 0.3) is 6.08 Å². The fraction of sp³-hybridized carbons (Fsp3) is 0.308. The Balaban J connectivity index is 2.09. The minimum atomic E-state index is 0.0403. The summed E-state index contributed by atoms with van der Waals surface area (Å²) in [5.74, 6) is 0.0403. The zero-order valence-corrected chi connectivity index (χ0v) is 10.8. The highest BCUT2D eigenvalue weighted by atomic mass is 35.5. The third-order valence-electron chi connectivity index (χ3n) is 2.80. The van der Waals surface area contributed by atoms with Crippen molar-refractivity contribution in [2.45, 2.75) is 12.8 Å². The third-order valence-corrected chi connectivity index (χ3v) is 3.64. The van der Waals surface area contributed by atoms with E-state index in [0.29, 0.717) is 10.0 Å². The number of rotatable bonds is 2. The van der Waals surface area contributed by atoms with Crippen LogP contribution in [0.4, 0.5) is 0 Å². The van der Waals surface area contributed by atoms with Crippen molar-refractivity contribution in [3.05, 3.63) is 39.9 Å². The molecule has 4 heteroatoms. The van der Waals surface area contributed by atoms with Crippen LogP contribution in [0.15, 0.2) is 24.3 Å². The van der Waals surface area contributed by atoms with E-state index in [0.717, 1.165) is 31.5 Å². The molecular weight excluding hydrogens is 257 g/mol. The fourth-order valence-corrected chi connectivity index (χ4v) is 2.22. The Hall–Kier alpha value is -0.990. The van der Waals surface area contributed by atoms with E-state index in [1.807, 2.05) is 17.0 Å². The van der Waals surface area contributed by atoms with Crippen molar-refractivity contribution in [2.24, 2.45) is 0 Å². The van der Waals surface area contributed by atoms with Crippen molar-refractivity contribution in [1.82, 2.24) is 4.90 Å². The van der Waals surface area contributed by atoms with Gasteiger partial charge in [0.1, 0.15) is 0 Å². The van der Waals surface area contributed by atoms with Gasteiger partial charge in [0, 0.05) is 19.2 Å². The summed E-state index contributed by atoms with van der Waals surface area (Å²) in [5, 5.41) is 0.988. The Morgan fingerprint density at radius 3 is 2.65 bits per heavy atom. The number of nitrogens with zero attached hydrogens (tertiary/aromatic N) is 1. The van der Waals surface area contributed by atoms with Gasteiger partial charge in [-0.2, -0.15) is 0 Å². The first kappa shape index (κ1) is 12.5. The van der Waals surface area contributed by atoms with Gasteiger partial charge in [-0.25, -0.2) is 0 Å². The summed E-state index contributed by atoms with van der Waals surface area (Å²) in [4.78, 5) is 13.6. The molecule has 1 aliphatic heterocycles. The first-order valence-corrected chi connectivity index (χ1v) is 6.35. The second kappa shape index (κ2) is 5.56. The van der Waals surface area contributed by atoms with Gasteiger partial charge in [-0.05, 0) is 30.5 Å². The molecule has 0 atom stereocenters. The zero-order chi connectivity index (χ0) is 12.3. The van der Waals surface area contributed by atoms with Crippen molar-refractivity contribution in [2.75, 3.05) is 13.1 Å². The lowest BCUT2D eigenvalue weighted by atomic mass is 10.2. The molecule has 1 saturated heterocycles. The second-order valence-electron chi connectivity index (χ2n) is 4.01. The Morgan fingerprint density at radius 1 is 1.24 bits per heavy atom. The highest BCUT2D eigenvalue weighted by Gasteiger charge is 2.15. The summed E-state index contributed by atoms with van der Waals surface area (Å²) in [6.45, 7) is 1.71. The van der Waals surface area contributed by atoms with Crippen molar-refractivity contribution in [1.29, 1.82) is 0 Å². The smallest absolute Gasteiger partial charge is 0.246 e. The summed E-state index contributed by atoms with van der Waals surface area (Å²) in [6, 6.07) is 5.37. The van der Waals surface area contributed by atoms with Crippen LogP contribution in [0.2, 0.25) is 10.0 Å². The van der Waals surface area contributed by atoms with E-state index < -0.39 is 0 Å². The molecule has 0 saturated carbocycles. The van der Waals surface area contributed by atoms with Crippen LogP contribution in [0.1, 0.15) is 18.4 Å². The van der Waals surface area contributed by atoms with E-state index in [1.54, 1.807) is 18.2 Å². The van der Waals surface area contributed by atoms with Gasteiger partial charge in [0.05, 0.1) is 10.0 Å². The molecule has 1 heterocycles. The van der Waals surface area contributed by atoms with Crippen molar-refractivity contribution < 1.29 is 4.79 Å². The molecule has 0 aromatic heterocycles. The monoisotopic (exact) mass is 269 g/mol. The third kappa shape index (κ3) is 3.02. The van der Waals surface area contributed by atoms with Crippen molar-refractivity contribution in [3.8, 4) is 0 Å². The molecular formula is C13H13Cl2NO. The quantitative estimate of drug-likeness (QED) is 0.751. The van der Waals surface area contributed by atoms with Crippen LogP contribution >= 0.6 is 23.2 Å². The Bertz CT molecular complexity index is 451. The predicted molar refractivity (Wildman–Crippen MR) is 71.3 cm³/mol. The molecule has 0 spiro atoms. The maximum atomic E-state index is 11.8. The lowest BCUT2D eigenvalue weighted by Gasteiger charge is -2.11. The van der Waals surface area contributed by atoms with E-state index in [9.17, 15) is 4.79 Å².